The maximum atomic E-state index is 12.9. The third kappa shape index (κ3) is 4.09. The average Bonchev–Trinajstić information content (AvgIpc) is 2.68. The molecule has 1 aliphatic heterocycles. The van der Waals surface area contributed by atoms with Crippen molar-refractivity contribution >= 4 is 32.6 Å². The number of benzene rings is 2. The Balaban J connectivity index is 1.51. The smallest absolute Gasteiger partial charge is 0.336 e. The molecule has 0 amide bonds. The van der Waals surface area contributed by atoms with Crippen LogP contribution in [0.3, 0.4) is 0 Å². The van der Waals surface area contributed by atoms with Crippen LogP contribution in [0.5, 0.6) is 0 Å². The van der Waals surface area contributed by atoms with E-state index in [4.69, 9.17) is 16.0 Å². The van der Waals surface area contributed by atoms with Crippen LogP contribution in [0.15, 0.2) is 62.6 Å². The molecule has 1 aliphatic rings. The number of nitrogens with zero attached hydrogens (tertiary/aromatic N) is 2. The Kier molecular flexibility index (Phi) is 5.48. The highest BCUT2D eigenvalue weighted by molar-refractivity contribution is 7.89. The van der Waals surface area contributed by atoms with E-state index in [1.54, 1.807) is 18.2 Å². The van der Waals surface area contributed by atoms with Crippen LogP contribution in [-0.2, 0) is 16.6 Å². The van der Waals surface area contributed by atoms with E-state index in [0.29, 0.717) is 38.3 Å². The Morgan fingerprint density at radius 3 is 2.48 bits per heavy atom. The first-order valence-corrected chi connectivity index (χ1v) is 11.2. The lowest BCUT2D eigenvalue weighted by Gasteiger charge is -2.34. The van der Waals surface area contributed by atoms with Crippen LogP contribution in [0.4, 0.5) is 0 Å². The minimum atomic E-state index is -3.63. The molecule has 4 rings (SSSR count). The monoisotopic (exact) mass is 432 g/mol. The largest absolute Gasteiger partial charge is 0.423 e. The van der Waals surface area contributed by atoms with Gasteiger partial charge in [0.05, 0.1) is 5.02 Å². The lowest BCUT2D eigenvalue weighted by atomic mass is 10.1. The Hall–Kier alpha value is -2.19. The maximum Gasteiger partial charge on any atom is 0.336 e. The molecule has 0 spiro atoms. The van der Waals surface area contributed by atoms with Crippen LogP contribution in [-0.4, -0.2) is 43.8 Å². The van der Waals surface area contributed by atoms with Crippen molar-refractivity contribution in [3.05, 3.63) is 75.1 Å². The van der Waals surface area contributed by atoms with E-state index in [2.05, 4.69) is 4.90 Å². The van der Waals surface area contributed by atoms with Crippen LogP contribution >= 0.6 is 11.6 Å². The van der Waals surface area contributed by atoms with Gasteiger partial charge in [0.25, 0.3) is 0 Å². The van der Waals surface area contributed by atoms with Crippen molar-refractivity contribution in [1.29, 1.82) is 0 Å². The van der Waals surface area contributed by atoms with E-state index in [0.717, 1.165) is 16.5 Å². The van der Waals surface area contributed by atoms with E-state index < -0.39 is 10.0 Å². The molecule has 0 saturated carbocycles. The first kappa shape index (κ1) is 20.1. The SMILES string of the molecule is Cc1ccc2c(CN3CCN(S(=O)(=O)c4ccccc4Cl)CC3)cc(=O)oc2c1. The summed E-state index contributed by atoms with van der Waals surface area (Å²) in [7, 11) is -3.63. The van der Waals surface area contributed by atoms with Crippen LogP contribution in [0.2, 0.25) is 5.02 Å². The number of piperazine rings is 1. The van der Waals surface area contributed by atoms with E-state index in [1.165, 1.54) is 16.4 Å². The van der Waals surface area contributed by atoms with Crippen LogP contribution in [0.1, 0.15) is 11.1 Å². The summed E-state index contributed by atoms with van der Waals surface area (Å²) in [4.78, 5) is 14.2. The molecule has 1 fully saturated rings. The fraction of sp³-hybridized carbons (Fsp3) is 0.286. The Morgan fingerprint density at radius 1 is 1.03 bits per heavy atom. The molecule has 6 nitrogen and oxygen atoms in total. The Labute approximate surface area is 174 Å². The summed E-state index contributed by atoms with van der Waals surface area (Å²) in [5, 5.41) is 1.13. The summed E-state index contributed by atoms with van der Waals surface area (Å²) in [5.41, 5.74) is 2.11. The second-order valence-electron chi connectivity index (χ2n) is 7.20. The third-order valence-electron chi connectivity index (χ3n) is 5.17. The number of sulfonamides is 1. The number of fused-ring (bicyclic) bond motifs is 1. The van der Waals surface area contributed by atoms with Gasteiger partial charge in [-0.3, -0.25) is 4.90 Å². The molecule has 2 heterocycles. The highest BCUT2D eigenvalue weighted by Crippen LogP contribution is 2.26. The zero-order valence-electron chi connectivity index (χ0n) is 16.0. The summed E-state index contributed by atoms with van der Waals surface area (Å²) in [6.07, 6.45) is 0. The van der Waals surface area contributed by atoms with Crippen LogP contribution in [0, 0.1) is 6.92 Å². The number of hydrogen-bond donors (Lipinski definition) is 0. The summed E-state index contributed by atoms with van der Waals surface area (Å²) >= 11 is 6.09. The number of hydrogen-bond acceptors (Lipinski definition) is 5. The lowest BCUT2D eigenvalue weighted by Crippen LogP contribution is -2.48. The molecule has 0 aliphatic carbocycles. The molecule has 0 bridgehead atoms. The minimum absolute atomic E-state index is 0.136. The second-order valence-corrected chi connectivity index (χ2v) is 9.51. The van der Waals surface area contributed by atoms with Crippen LogP contribution in [0.25, 0.3) is 11.0 Å². The van der Waals surface area contributed by atoms with Gasteiger partial charge >= 0.3 is 5.63 Å². The molecule has 1 saturated heterocycles. The van der Waals surface area contributed by atoms with Crippen molar-refractivity contribution < 1.29 is 12.8 Å². The highest BCUT2D eigenvalue weighted by Gasteiger charge is 2.30. The molecule has 2 aromatic carbocycles. The molecule has 3 aromatic rings. The molecule has 0 radical (unpaired) electrons. The fourth-order valence-electron chi connectivity index (χ4n) is 3.63. The van der Waals surface area contributed by atoms with Gasteiger partial charge in [-0.2, -0.15) is 4.31 Å². The Bertz CT molecular complexity index is 1210. The van der Waals surface area contributed by atoms with E-state index in [-0.39, 0.29) is 15.5 Å². The van der Waals surface area contributed by atoms with E-state index in [1.807, 2.05) is 25.1 Å². The quantitative estimate of drug-likeness (QED) is 0.592. The van der Waals surface area contributed by atoms with E-state index >= 15 is 0 Å². The summed E-state index contributed by atoms with van der Waals surface area (Å²) in [5.74, 6) is 0. The molecule has 0 atom stereocenters. The molecule has 0 unspecified atom stereocenters. The number of halogens is 1. The minimum Gasteiger partial charge on any atom is -0.423 e. The second kappa shape index (κ2) is 7.91. The van der Waals surface area contributed by atoms with Gasteiger partial charge in [-0.1, -0.05) is 35.9 Å². The molecule has 152 valence electrons. The van der Waals surface area contributed by atoms with Crippen molar-refractivity contribution in [1.82, 2.24) is 9.21 Å². The highest BCUT2D eigenvalue weighted by atomic mass is 35.5. The van der Waals surface area contributed by atoms with Crippen molar-refractivity contribution in [3.63, 3.8) is 0 Å². The number of rotatable bonds is 4. The van der Waals surface area contributed by atoms with Crippen molar-refractivity contribution in [3.8, 4) is 0 Å². The lowest BCUT2D eigenvalue weighted by molar-refractivity contribution is 0.182. The molecule has 8 heteroatoms. The zero-order chi connectivity index (χ0) is 20.6. The molecule has 29 heavy (non-hydrogen) atoms. The van der Waals surface area contributed by atoms with Crippen molar-refractivity contribution in [2.45, 2.75) is 18.4 Å². The molecule has 1 aromatic heterocycles. The van der Waals surface area contributed by atoms with E-state index in [9.17, 15) is 13.2 Å². The van der Waals surface area contributed by atoms with Gasteiger partial charge < -0.3 is 4.42 Å². The van der Waals surface area contributed by atoms with Crippen LogP contribution < -0.4 is 5.63 Å². The normalized spacial score (nSPS) is 16.3. The fourth-order valence-corrected chi connectivity index (χ4v) is 5.55. The molecule has 0 N–H and O–H groups in total. The van der Waals surface area contributed by atoms with Gasteiger partial charge in [0.1, 0.15) is 10.5 Å². The predicted octanol–water partition coefficient (Wildman–Crippen LogP) is 3.26. The maximum absolute atomic E-state index is 12.9. The summed E-state index contributed by atoms with van der Waals surface area (Å²) < 4.78 is 32.6. The molecular weight excluding hydrogens is 412 g/mol. The van der Waals surface area contributed by atoms with Crippen molar-refractivity contribution in [2.24, 2.45) is 0 Å². The standard InChI is InChI=1S/C21H21ClN2O4S/c1-15-6-7-17-16(13-21(25)28-19(17)12-15)14-23-8-10-24(11-9-23)29(26,27)20-5-3-2-4-18(20)22/h2-7,12-13H,8-11,14H2,1H3. The van der Waals surface area contributed by atoms with Gasteiger partial charge in [0.2, 0.25) is 10.0 Å². The van der Waals surface area contributed by atoms with Crippen molar-refractivity contribution in [2.75, 3.05) is 26.2 Å². The van der Waals surface area contributed by atoms with Gasteiger partial charge in [0.15, 0.2) is 0 Å². The third-order valence-corrected chi connectivity index (χ3v) is 7.56. The van der Waals surface area contributed by atoms with Gasteiger partial charge in [-0.15, -0.1) is 0 Å². The zero-order valence-corrected chi connectivity index (χ0v) is 17.5. The topological polar surface area (TPSA) is 70.8 Å². The summed E-state index contributed by atoms with van der Waals surface area (Å²) in [6, 6.07) is 13.8. The Morgan fingerprint density at radius 2 is 1.76 bits per heavy atom. The van der Waals surface area contributed by atoms with Gasteiger partial charge in [0, 0.05) is 44.2 Å². The average molecular weight is 433 g/mol. The van der Waals surface area contributed by atoms with Gasteiger partial charge in [-0.25, -0.2) is 13.2 Å². The first-order chi connectivity index (χ1) is 13.8. The predicted molar refractivity (Wildman–Crippen MR) is 113 cm³/mol. The van der Waals surface area contributed by atoms with Gasteiger partial charge in [-0.05, 0) is 36.2 Å². The first-order valence-electron chi connectivity index (χ1n) is 9.35. The summed E-state index contributed by atoms with van der Waals surface area (Å²) in [6.45, 7) is 4.38. The number of aryl methyl sites for hydroxylation is 1. The molecular formula is C21H21ClN2O4S.